The Kier molecular flexibility index (Phi) is 3.61. The van der Waals surface area contributed by atoms with E-state index in [0.29, 0.717) is 22.2 Å². The Morgan fingerprint density at radius 2 is 1.76 bits per heavy atom. The maximum Gasteiger partial charge on any atom is 0.398 e. The largest absolute Gasteiger partial charge is 0.398 e. The molecule has 1 fully saturated rings. The summed E-state index contributed by atoms with van der Waals surface area (Å²) in [6.07, 6.45) is -2.71. The lowest BCUT2D eigenvalue weighted by atomic mass is 9.97. The van der Waals surface area contributed by atoms with E-state index in [1.807, 2.05) is 18.2 Å². The Labute approximate surface area is 146 Å². The normalized spacial score (nSPS) is 16.0. The van der Waals surface area contributed by atoms with Crippen molar-refractivity contribution in [2.45, 2.75) is 24.4 Å². The molecule has 0 amide bonds. The molecule has 0 radical (unpaired) electrons. The summed E-state index contributed by atoms with van der Waals surface area (Å²) in [7, 11) is 0. The standard InChI is InChI=1S/C18H13ClF3N3/c19-13-3-1-2-11-4-6-15(25-16(11)13)24-14-7-5-12(10-23-14)17(8-9-17)18(20,21)22/h1-7,10H,8-9H2,(H,23,24,25). The number of benzene rings is 1. The van der Waals surface area contributed by atoms with Gasteiger partial charge in [-0.25, -0.2) is 9.97 Å². The molecule has 128 valence electrons. The molecule has 1 aliphatic rings. The molecule has 1 aromatic carbocycles. The molecule has 1 saturated carbocycles. The second kappa shape index (κ2) is 5.59. The van der Waals surface area contributed by atoms with Crippen molar-refractivity contribution in [3.63, 3.8) is 0 Å². The Morgan fingerprint density at radius 1 is 1.00 bits per heavy atom. The number of pyridine rings is 2. The van der Waals surface area contributed by atoms with E-state index in [9.17, 15) is 13.2 Å². The summed E-state index contributed by atoms with van der Waals surface area (Å²) in [5.41, 5.74) is -0.854. The summed E-state index contributed by atoms with van der Waals surface area (Å²) in [5, 5.41) is 4.44. The molecule has 25 heavy (non-hydrogen) atoms. The zero-order valence-corrected chi connectivity index (χ0v) is 13.7. The monoisotopic (exact) mass is 363 g/mol. The topological polar surface area (TPSA) is 37.8 Å². The van der Waals surface area contributed by atoms with Crippen LogP contribution in [0.1, 0.15) is 18.4 Å². The van der Waals surface area contributed by atoms with E-state index < -0.39 is 11.6 Å². The van der Waals surface area contributed by atoms with Gasteiger partial charge in [0.05, 0.1) is 16.0 Å². The molecule has 0 atom stereocenters. The van der Waals surface area contributed by atoms with Crippen LogP contribution in [0.2, 0.25) is 5.02 Å². The van der Waals surface area contributed by atoms with Crippen molar-refractivity contribution in [1.29, 1.82) is 0 Å². The van der Waals surface area contributed by atoms with Crippen LogP contribution < -0.4 is 5.32 Å². The molecule has 2 heterocycles. The number of nitrogens with one attached hydrogen (secondary N) is 1. The lowest BCUT2D eigenvalue weighted by Crippen LogP contribution is -2.28. The summed E-state index contributed by atoms with van der Waals surface area (Å²) in [6.45, 7) is 0. The predicted octanol–water partition coefficient (Wildman–Crippen LogP) is 5.62. The van der Waals surface area contributed by atoms with Crippen molar-refractivity contribution in [1.82, 2.24) is 9.97 Å². The molecule has 0 aliphatic heterocycles. The molecular formula is C18H13ClF3N3. The van der Waals surface area contributed by atoms with Crippen molar-refractivity contribution in [3.05, 3.63) is 59.2 Å². The summed E-state index contributed by atoms with van der Waals surface area (Å²) >= 11 is 6.14. The molecule has 1 aliphatic carbocycles. The molecule has 4 rings (SSSR count). The summed E-state index contributed by atoms with van der Waals surface area (Å²) in [5.74, 6) is 0.957. The predicted molar refractivity (Wildman–Crippen MR) is 91.2 cm³/mol. The molecule has 1 N–H and O–H groups in total. The number of alkyl halides is 3. The van der Waals surface area contributed by atoms with Crippen molar-refractivity contribution in [3.8, 4) is 0 Å². The number of aromatic nitrogens is 2. The summed E-state index contributed by atoms with van der Waals surface area (Å²) in [4.78, 5) is 8.54. The molecule has 0 bridgehead atoms. The SMILES string of the molecule is FC(F)(F)C1(c2ccc(Nc3ccc4cccc(Cl)c4n3)nc2)CC1. The molecule has 0 spiro atoms. The van der Waals surface area contributed by atoms with Crippen LogP contribution in [0, 0.1) is 0 Å². The average Bonchev–Trinajstić information content (AvgIpc) is 3.38. The molecule has 3 aromatic rings. The number of fused-ring (bicyclic) bond motifs is 1. The van der Waals surface area contributed by atoms with Crippen LogP contribution in [0.3, 0.4) is 0 Å². The van der Waals surface area contributed by atoms with Gasteiger partial charge in [-0.3, -0.25) is 0 Å². The minimum atomic E-state index is -4.24. The highest BCUT2D eigenvalue weighted by molar-refractivity contribution is 6.35. The fourth-order valence-corrected chi connectivity index (χ4v) is 3.15. The van der Waals surface area contributed by atoms with Gasteiger partial charge in [0, 0.05) is 11.6 Å². The first-order valence-electron chi connectivity index (χ1n) is 7.75. The zero-order valence-electron chi connectivity index (χ0n) is 12.9. The maximum atomic E-state index is 13.1. The number of rotatable bonds is 3. The van der Waals surface area contributed by atoms with Gasteiger partial charge in [-0.05, 0) is 42.7 Å². The van der Waals surface area contributed by atoms with Crippen LogP contribution in [0.5, 0.6) is 0 Å². The minimum absolute atomic E-state index is 0.121. The highest BCUT2D eigenvalue weighted by Crippen LogP contribution is 2.58. The smallest absolute Gasteiger partial charge is 0.325 e. The van der Waals surface area contributed by atoms with Crippen molar-refractivity contribution in [2.24, 2.45) is 0 Å². The summed E-state index contributed by atoms with van der Waals surface area (Å²) in [6, 6.07) is 12.1. The third kappa shape index (κ3) is 2.80. The minimum Gasteiger partial charge on any atom is -0.325 e. The van der Waals surface area contributed by atoms with E-state index in [4.69, 9.17) is 11.6 Å². The number of para-hydroxylation sites is 1. The fraction of sp³-hybridized carbons (Fsp3) is 0.222. The van der Waals surface area contributed by atoms with Crippen LogP contribution >= 0.6 is 11.6 Å². The van der Waals surface area contributed by atoms with Crippen LogP contribution in [0.15, 0.2) is 48.7 Å². The van der Waals surface area contributed by atoms with Gasteiger partial charge in [-0.15, -0.1) is 0 Å². The van der Waals surface area contributed by atoms with E-state index in [1.54, 1.807) is 18.2 Å². The second-order valence-corrected chi connectivity index (χ2v) is 6.55. The lowest BCUT2D eigenvalue weighted by Gasteiger charge is -2.19. The molecule has 0 unspecified atom stereocenters. The maximum absolute atomic E-state index is 13.1. The molecule has 7 heteroatoms. The van der Waals surface area contributed by atoms with E-state index in [1.165, 1.54) is 12.3 Å². The van der Waals surface area contributed by atoms with E-state index >= 15 is 0 Å². The van der Waals surface area contributed by atoms with Crippen LogP contribution in [0.4, 0.5) is 24.8 Å². The highest BCUT2D eigenvalue weighted by atomic mass is 35.5. The third-order valence-electron chi connectivity index (χ3n) is 4.54. The second-order valence-electron chi connectivity index (χ2n) is 6.15. The van der Waals surface area contributed by atoms with Crippen molar-refractivity contribution >= 4 is 34.1 Å². The van der Waals surface area contributed by atoms with Gasteiger partial charge >= 0.3 is 6.18 Å². The number of anilines is 2. The Hall–Kier alpha value is -2.34. The van der Waals surface area contributed by atoms with E-state index in [2.05, 4.69) is 15.3 Å². The van der Waals surface area contributed by atoms with Gasteiger partial charge in [0.25, 0.3) is 0 Å². The van der Waals surface area contributed by atoms with Gasteiger partial charge in [0.2, 0.25) is 0 Å². The van der Waals surface area contributed by atoms with Crippen LogP contribution in [-0.4, -0.2) is 16.1 Å². The van der Waals surface area contributed by atoms with Crippen LogP contribution in [0.25, 0.3) is 10.9 Å². The first-order valence-corrected chi connectivity index (χ1v) is 8.12. The lowest BCUT2D eigenvalue weighted by molar-refractivity contribution is -0.160. The van der Waals surface area contributed by atoms with Crippen molar-refractivity contribution in [2.75, 3.05) is 5.32 Å². The molecule has 2 aromatic heterocycles. The number of hydrogen-bond donors (Lipinski definition) is 1. The molecular weight excluding hydrogens is 351 g/mol. The number of hydrogen-bond acceptors (Lipinski definition) is 3. The van der Waals surface area contributed by atoms with Gasteiger partial charge in [-0.2, -0.15) is 13.2 Å². The van der Waals surface area contributed by atoms with Crippen molar-refractivity contribution < 1.29 is 13.2 Å². The quantitative estimate of drug-likeness (QED) is 0.656. The van der Waals surface area contributed by atoms with Gasteiger partial charge in [-0.1, -0.05) is 29.8 Å². The van der Waals surface area contributed by atoms with E-state index in [0.717, 1.165) is 5.39 Å². The summed E-state index contributed by atoms with van der Waals surface area (Å²) < 4.78 is 39.4. The Morgan fingerprint density at radius 3 is 2.40 bits per heavy atom. The van der Waals surface area contributed by atoms with E-state index in [-0.39, 0.29) is 18.4 Å². The number of halogens is 4. The van der Waals surface area contributed by atoms with Gasteiger partial charge in [0.1, 0.15) is 11.6 Å². The Bertz CT molecular complexity index is 934. The van der Waals surface area contributed by atoms with Gasteiger partial charge < -0.3 is 5.32 Å². The first-order chi connectivity index (χ1) is 11.9. The highest BCUT2D eigenvalue weighted by Gasteiger charge is 2.64. The van der Waals surface area contributed by atoms with Crippen LogP contribution in [-0.2, 0) is 5.41 Å². The first kappa shape index (κ1) is 16.1. The fourth-order valence-electron chi connectivity index (χ4n) is 2.92. The molecule has 0 saturated heterocycles. The Balaban J connectivity index is 1.59. The number of nitrogens with zero attached hydrogens (tertiary/aromatic N) is 2. The average molecular weight is 364 g/mol. The van der Waals surface area contributed by atoms with Gasteiger partial charge in [0.15, 0.2) is 0 Å². The third-order valence-corrected chi connectivity index (χ3v) is 4.84. The molecule has 3 nitrogen and oxygen atoms in total. The zero-order chi connectivity index (χ0) is 17.7.